The second-order valence-electron chi connectivity index (χ2n) is 5.60. The number of anilines is 1. The minimum absolute atomic E-state index is 0.215. The number of rotatable bonds is 4. The van der Waals surface area contributed by atoms with E-state index in [0.29, 0.717) is 12.2 Å². The van der Waals surface area contributed by atoms with Gasteiger partial charge >= 0.3 is 6.36 Å². The lowest BCUT2D eigenvalue weighted by Gasteiger charge is -2.34. The molecule has 0 unspecified atom stereocenters. The van der Waals surface area contributed by atoms with Gasteiger partial charge in [0.1, 0.15) is 5.75 Å². The van der Waals surface area contributed by atoms with E-state index in [9.17, 15) is 13.2 Å². The van der Waals surface area contributed by atoms with Crippen molar-refractivity contribution < 1.29 is 17.9 Å². The lowest BCUT2D eigenvalue weighted by Crippen LogP contribution is -2.45. The Labute approximate surface area is 122 Å². The molecule has 6 heteroatoms. The first-order chi connectivity index (χ1) is 9.92. The van der Waals surface area contributed by atoms with Crippen molar-refractivity contribution in [3.63, 3.8) is 0 Å². The number of hydrogen-bond donors (Lipinski definition) is 2. The summed E-state index contributed by atoms with van der Waals surface area (Å²) in [5.41, 5.74) is 6.31. The molecule has 1 aromatic rings. The summed E-state index contributed by atoms with van der Waals surface area (Å²) in [6.07, 6.45) is 1.74. The first-order valence-corrected chi connectivity index (χ1v) is 7.27. The van der Waals surface area contributed by atoms with Crippen LogP contribution in [0, 0.1) is 0 Å². The molecular weight excluding hydrogens is 281 g/mol. The lowest BCUT2D eigenvalue weighted by atomic mass is 9.90. The van der Waals surface area contributed by atoms with Crippen LogP contribution >= 0.6 is 0 Å². The molecule has 0 aliphatic heterocycles. The van der Waals surface area contributed by atoms with E-state index in [1.165, 1.54) is 25.0 Å². The van der Waals surface area contributed by atoms with Crippen molar-refractivity contribution in [2.24, 2.45) is 5.73 Å². The fourth-order valence-electron chi connectivity index (χ4n) is 2.86. The van der Waals surface area contributed by atoms with Crippen LogP contribution in [0.5, 0.6) is 5.75 Å². The minimum Gasteiger partial charge on any atom is -0.406 e. The average molecular weight is 302 g/mol. The Morgan fingerprint density at radius 2 is 1.81 bits per heavy atom. The molecule has 1 aliphatic rings. The van der Waals surface area contributed by atoms with Crippen LogP contribution in [0.15, 0.2) is 24.3 Å². The third-order valence-corrected chi connectivity index (χ3v) is 3.93. The Morgan fingerprint density at radius 1 is 1.14 bits per heavy atom. The van der Waals surface area contributed by atoms with Crippen molar-refractivity contribution in [3.8, 4) is 5.75 Å². The van der Waals surface area contributed by atoms with Crippen LogP contribution in [-0.2, 0) is 0 Å². The Morgan fingerprint density at radius 3 is 2.38 bits per heavy atom. The maximum absolute atomic E-state index is 12.3. The normalized spacial score (nSPS) is 18.9. The van der Waals surface area contributed by atoms with E-state index in [1.807, 2.05) is 0 Å². The van der Waals surface area contributed by atoms with E-state index in [0.717, 1.165) is 25.7 Å². The molecule has 1 fully saturated rings. The summed E-state index contributed by atoms with van der Waals surface area (Å²) < 4.78 is 40.7. The molecule has 0 spiro atoms. The van der Waals surface area contributed by atoms with Gasteiger partial charge in [0, 0.05) is 23.8 Å². The molecule has 1 aliphatic carbocycles. The molecule has 0 atom stereocenters. The smallest absolute Gasteiger partial charge is 0.406 e. The Balaban J connectivity index is 2.12. The number of alkyl halides is 3. The molecule has 2 rings (SSSR count). The first-order valence-electron chi connectivity index (χ1n) is 7.27. The van der Waals surface area contributed by atoms with Gasteiger partial charge in [0.05, 0.1) is 0 Å². The molecule has 0 aromatic heterocycles. The fourth-order valence-corrected chi connectivity index (χ4v) is 2.86. The molecule has 21 heavy (non-hydrogen) atoms. The van der Waals surface area contributed by atoms with Gasteiger partial charge in [0.2, 0.25) is 0 Å². The summed E-state index contributed by atoms with van der Waals surface area (Å²) in [6.45, 7) is 0.470. The highest BCUT2D eigenvalue weighted by atomic mass is 19.4. The van der Waals surface area contributed by atoms with Crippen LogP contribution in [0.4, 0.5) is 18.9 Å². The van der Waals surface area contributed by atoms with Crippen LogP contribution in [0.2, 0.25) is 0 Å². The van der Waals surface area contributed by atoms with E-state index in [4.69, 9.17) is 5.73 Å². The summed E-state index contributed by atoms with van der Waals surface area (Å²) >= 11 is 0. The largest absolute Gasteiger partial charge is 0.573 e. The molecule has 0 saturated heterocycles. The fraction of sp³-hybridized carbons (Fsp3) is 0.600. The van der Waals surface area contributed by atoms with Crippen molar-refractivity contribution in [1.29, 1.82) is 0 Å². The van der Waals surface area contributed by atoms with Crippen molar-refractivity contribution in [3.05, 3.63) is 24.3 Å². The number of benzene rings is 1. The van der Waals surface area contributed by atoms with Gasteiger partial charge in [-0.15, -0.1) is 13.2 Å². The molecule has 0 radical (unpaired) electrons. The van der Waals surface area contributed by atoms with Crippen molar-refractivity contribution >= 4 is 5.69 Å². The Hall–Kier alpha value is -1.43. The topological polar surface area (TPSA) is 47.3 Å². The maximum Gasteiger partial charge on any atom is 0.573 e. The predicted molar refractivity (Wildman–Crippen MR) is 76.2 cm³/mol. The molecule has 3 N–H and O–H groups in total. The van der Waals surface area contributed by atoms with E-state index < -0.39 is 6.36 Å². The number of halogens is 3. The Kier molecular flexibility index (Phi) is 4.98. The van der Waals surface area contributed by atoms with Gasteiger partial charge < -0.3 is 15.8 Å². The van der Waals surface area contributed by atoms with Crippen molar-refractivity contribution in [1.82, 2.24) is 0 Å². The number of hydrogen-bond acceptors (Lipinski definition) is 3. The average Bonchev–Trinajstić information content (AvgIpc) is 2.63. The van der Waals surface area contributed by atoms with Crippen molar-refractivity contribution in [2.75, 3.05) is 11.9 Å². The predicted octanol–water partition coefficient (Wildman–Crippen LogP) is 4.05. The van der Waals surface area contributed by atoms with Gasteiger partial charge in [0.15, 0.2) is 0 Å². The first kappa shape index (κ1) is 15.9. The van der Waals surface area contributed by atoms with Gasteiger partial charge in [-0.3, -0.25) is 0 Å². The summed E-state index contributed by atoms with van der Waals surface area (Å²) in [5.74, 6) is -0.215. The third-order valence-electron chi connectivity index (χ3n) is 3.93. The lowest BCUT2D eigenvalue weighted by molar-refractivity contribution is -0.274. The molecule has 1 aromatic carbocycles. The molecule has 1 saturated carbocycles. The summed E-state index contributed by atoms with van der Waals surface area (Å²) in [4.78, 5) is 0. The highest BCUT2D eigenvalue weighted by molar-refractivity contribution is 5.50. The van der Waals surface area contributed by atoms with Crippen LogP contribution in [0.1, 0.15) is 38.5 Å². The zero-order chi connectivity index (χ0) is 15.3. The van der Waals surface area contributed by atoms with E-state index in [-0.39, 0.29) is 11.3 Å². The highest BCUT2D eigenvalue weighted by Gasteiger charge is 2.32. The highest BCUT2D eigenvalue weighted by Crippen LogP contribution is 2.32. The second kappa shape index (κ2) is 6.56. The molecular formula is C15H21F3N2O. The van der Waals surface area contributed by atoms with Crippen molar-refractivity contribution in [2.45, 2.75) is 50.4 Å². The summed E-state index contributed by atoms with van der Waals surface area (Å²) in [7, 11) is 0. The zero-order valence-corrected chi connectivity index (χ0v) is 11.9. The molecule has 0 bridgehead atoms. The molecule has 118 valence electrons. The van der Waals surface area contributed by atoms with Crippen LogP contribution in [-0.4, -0.2) is 18.4 Å². The molecule has 0 amide bonds. The van der Waals surface area contributed by atoms with E-state index in [1.54, 1.807) is 12.1 Å². The van der Waals surface area contributed by atoms with Gasteiger partial charge in [-0.2, -0.15) is 0 Å². The summed E-state index contributed by atoms with van der Waals surface area (Å²) in [6, 6.07) is 5.95. The third kappa shape index (κ3) is 4.81. The van der Waals surface area contributed by atoms with Gasteiger partial charge in [0.25, 0.3) is 0 Å². The Bertz CT molecular complexity index is 454. The van der Waals surface area contributed by atoms with E-state index >= 15 is 0 Å². The van der Waals surface area contributed by atoms with E-state index in [2.05, 4.69) is 10.1 Å². The molecule has 0 heterocycles. The van der Waals surface area contributed by atoms with Gasteiger partial charge in [-0.25, -0.2) is 0 Å². The minimum atomic E-state index is -4.67. The number of nitrogens with one attached hydrogen (secondary N) is 1. The quantitative estimate of drug-likeness (QED) is 0.825. The van der Waals surface area contributed by atoms with Gasteiger partial charge in [-0.1, -0.05) is 31.7 Å². The van der Waals surface area contributed by atoms with Crippen LogP contribution < -0.4 is 15.8 Å². The zero-order valence-electron chi connectivity index (χ0n) is 11.9. The summed E-state index contributed by atoms with van der Waals surface area (Å²) in [5, 5.41) is 3.34. The second-order valence-corrected chi connectivity index (χ2v) is 5.60. The standard InChI is InChI=1S/C15H21F3N2O/c16-15(17,18)21-13-7-5-6-12(10-13)20-14(11-19)8-3-1-2-4-9-14/h5-7,10,20H,1-4,8-9,11,19H2. The maximum atomic E-state index is 12.3. The SMILES string of the molecule is NCC1(Nc2cccc(OC(F)(F)F)c2)CCCCCC1. The number of nitrogens with two attached hydrogens (primary N) is 1. The van der Waals surface area contributed by atoms with Crippen LogP contribution in [0.25, 0.3) is 0 Å². The number of ether oxygens (including phenoxy) is 1. The monoisotopic (exact) mass is 302 g/mol. The van der Waals surface area contributed by atoms with Gasteiger partial charge in [-0.05, 0) is 25.0 Å². The molecule has 3 nitrogen and oxygen atoms in total. The van der Waals surface area contributed by atoms with Crippen LogP contribution in [0.3, 0.4) is 0 Å².